The van der Waals surface area contributed by atoms with E-state index in [9.17, 15) is 8.42 Å². The lowest BCUT2D eigenvalue weighted by atomic mass is 10.1. The third-order valence-electron chi connectivity index (χ3n) is 3.48. The van der Waals surface area contributed by atoms with Gasteiger partial charge in [0.25, 0.3) is 0 Å². The van der Waals surface area contributed by atoms with E-state index in [4.69, 9.17) is 4.74 Å². The summed E-state index contributed by atoms with van der Waals surface area (Å²) in [4.78, 5) is 0. The Kier molecular flexibility index (Phi) is 6.63. The van der Waals surface area contributed by atoms with Gasteiger partial charge in [-0.1, -0.05) is 30.3 Å². The third-order valence-corrected chi connectivity index (χ3v) is 4.84. The highest BCUT2D eigenvalue weighted by atomic mass is 32.2. The fourth-order valence-electron chi connectivity index (χ4n) is 2.36. The lowest BCUT2D eigenvalue weighted by Crippen LogP contribution is -2.33. The summed E-state index contributed by atoms with van der Waals surface area (Å²) in [5.41, 5.74) is 0.802. The van der Waals surface area contributed by atoms with Gasteiger partial charge in [-0.15, -0.1) is 0 Å². The van der Waals surface area contributed by atoms with Crippen LogP contribution in [-0.4, -0.2) is 40.8 Å². The molecule has 0 saturated carbocycles. The monoisotopic (exact) mass is 312 g/mol. The molecule has 1 aliphatic heterocycles. The van der Waals surface area contributed by atoms with Crippen LogP contribution >= 0.6 is 0 Å². The summed E-state index contributed by atoms with van der Waals surface area (Å²) in [6, 6.07) is 9.20. The summed E-state index contributed by atoms with van der Waals surface area (Å²) in [5, 5.41) is 3.29. The van der Waals surface area contributed by atoms with Gasteiger partial charge in [-0.05, 0) is 37.9 Å². The molecule has 5 nitrogen and oxygen atoms in total. The Bertz CT molecular complexity index is 499. The molecule has 2 rings (SSSR count). The van der Waals surface area contributed by atoms with Crippen LogP contribution in [0.5, 0.6) is 0 Å². The minimum absolute atomic E-state index is 0.0307. The average Bonchev–Trinajstić information content (AvgIpc) is 2.48. The van der Waals surface area contributed by atoms with Crippen molar-refractivity contribution in [1.82, 2.24) is 10.0 Å². The Balaban J connectivity index is 1.61. The van der Waals surface area contributed by atoms with Gasteiger partial charge in [0, 0.05) is 13.2 Å². The average molecular weight is 312 g/mol. The second kappa shape index (κ2) is 8.48. The number of piperidine rings is 1. The van der Waals surface area contributed by atoms with Crippen molar-refractivity contribution >= 4 is 10.0 Å². The first kappa shape index (κ1) is 16.4. The lowest BCUT2D eigenvalue weighted by molar-refractivity contribution is 0.0322. The predicted molar refractivity (Wildman–Crippen MR) is 83.5 cm³/mol. The Morgan fingerprint density at radius 2 is 1.90 bits per heavy atom. The van der Waals surface area contributed by atoms with Crippen LogP contribution < -0.4 is 10.0 Å². The van der Waals surface area contributed by atoms with Crippen molar-refractivity contribution in [3.05, 3.63) is 35.9 Å². The molecule has 21 heavy (non-hydrogen) atoms. The van der Waals surface area contributed by atoms with Crippen molar-refractivity contribution in [2.45, 2.75) is 31.1 Å². The van der Waals surface area contributed by atoms with E-state index in [0.29, 0.717) is 25.7 Å². The van der Waals surface area contributed by atoms with Gasteiger partial charge in [-0.25, -0.2) is 13.1 Å². The molecule has 1 aromatic rings. The van der Waals surface area contributed by atoms with Crippen LogP contribution in [0.2, 0.25) is 0 Å². The summed E-state index contributed by atoms with van der Waals surface area (Å²) >= 11 is 0. The van der Waals surface area contributed by atoms with E-state index in [1.54, 1.807) is 0 Å². The second-order valence-corrected chi connectivity index (χ2v) is 7.12. The maximum atomic E-state index is 11.9. The van der Waals surface area contributed by atoms with Crippen molar-refractivity contribution in [1.29, 1.82) is 0 Å². The van der Waals surface area contributed by atoms with E-state index >= 15 is 0 Å². The molecule has 1 aromatic carbocycles. The molecule has 0 radical (unpaired) electrons. The van der Waals surface area contributed by atoms with Crippen LogP contribution in [-0.2, 0) is 20.5 Å². The predicted octanol–water partition coefficient (Wildman–Crippen LogP) is 1.26. The van der Waals surface area contributed by atoms with E-state index in [2.05, 4.69) is 10.0 Å². The zero-order valence-corrected chi connectivity index (χ0v) is 13.1. The van der Waals surface area contributed by atoms with E-state index in [1.807, 2.05) is 30.3 Å². The molecule has 118 valence electrons. The standard InChI is InChI=1S/C15H24N2O3S/c18-21(19,13-14-5-2-1-3-6-14)17-9-4-12-20-15-7-10-16-11-8-15/h1-3,5-6,15-17H,4,7-13H2. The Morgan fingerprint density at radius 1 is 1.19 bits per heavy atom. The van der Waals surface area contributed by atoms with Crippen LogP contribution in [0.25, 0.3) is 0 Å². The van der Waals surface area contributed by atoms with Crippen LogP contribution in [0, 0.1) is 0 Å². The number of nitrogens with one attached hydrogen (secondary N) is 2. The smallest absolute Gasteiger partial charge is 0.215 e. The molecule has 1 saturated heterocycles. The van der Waals surface area contributed by atoms with Gasteiger partial charge in [0.15, 0.2) is 0 Å². The van der Waals surface area contributed by atoms with E-state index in [1.165, 1.54) is 0 Å². The quantitative estimate of drug-likeness (QED) is 0.709. The maximum absolute atomic E-state index is 11.9. The molecule has 0 aromatic heterocycles. The zero-order chi connectivity index (χ0) is 15.0. The van der Waals surface area contributed by atoms with Crippen LogP contribution in [0.15, 0.2) is 30.3 Å². The first-order valence-electron chi connectivity index (χ1n) is 7.49. The van der Waals surface area contributed by atoms with Crippen molar-refractivity contribution in [3.8, 4) is 0 Å². The van der Waals surface area contributed by atoms with Crippen LogP contribution in [0.3, 0.4) is 0 Å². The molecule has 0 spiro atoms. The number of ether oxygens (including phenoxy) is 1. The van der Waals surface area contributed by atoms with Crippen molar-refractivity contribution in [2.75, 3.05) is 26.2 Å². The molecule has 0 amide bonds. The molecule has 6 heteroatoms. The summed E-state index contributed by atoms with van der Waals surface area (Å²) in [6.45, 7) is 3.06. The van der Waals surface area contributed by atoms with Gasteiger partial charge >= 0.3 is 0 Å². The SMILES string of the molecule is O=S(=O)(Cc1ccccc1)NCCCOC1CCNCC1. The largest absolute Gasteiger partial charge is 0.378 e. The number of hydrogen-bond donors (Lipinski definition) is 2. The van der Waals surface area contributed by atoms with Crippen LogP contribution in [0.1, 0.15) is 24.8 Å². The van der Waals surface area contributed by atoms with Crippen LogP contribution in [0.4, 0.5) is 0 Å². The first-order chi connectivity index (χ1) is 10.2. The van der Waals surface area contributed by atoms with Gasteiger partial charge in [0.1, 0.15) is 0 Å². The number of hydrogen-bond acceptors (Lipinski definition) is 4. The zero-order valence-electron chi connectivity index (χ0n) is 12.3. The molecular weight excluding hydrogens is 288 g/mol. The number of sulfonamides is 1. The molecular formula is C15H24N2O3S. The maximum Gasteiger partial charge on any atom is 0.215 e. The molecule has 0 unspecified atom stereocenters. The van der Waals surface area contributed by atoms with E-state index in [-0.39, 0.29) is 5.75 Å². The molecule has 1 aliphatic rings. The Labute approximate surface area is 127 Å². The second-order valence-electron chi connectivity index (χ2n) is 5.31. The number of rotatable bonds is 8. The lowest BCUT2D eigenvalue weighted by Gasteiger charge is -2.22. The minimum atomic E-state index is -3.26. The van der Waals surface area contributed by atoms with Crippen molar-refractivity contribution in [3.63, 3.8) is 0 Å². The highest BCUT2D eigenvalue weighted by Gasteiger charge is 2.13. The minimum Gasteiger partial charge on any atom is -0.378 e. The molecule has 1 fully saturated rings. The highest BCUT2D eigenvalue weighted by molar-refractivity contribution is 7.88. The van der Waals surface area contributed by atoms with Gasteiger partial charge in [-0.3, -0.25) is 0 Å². The molecule has 0 aliphatic carbocycles. The fraction of sp³-hybridized carbons (Fsp3) is 0.600. The highest BCUT2D eigenvalue weighted by Crippen LogP contribution is 2.07. The Morgan fingerprint density at radius 3 is 2.62 bits per heavy atom. The summed E-state index contributed by atoms with van der Waals surface area (Å²) in [5.74, 6) is 0.0307. The third kappa shape index (κ3) is 6.56. The van der Waals surface area contributed by atoms with Gasteiger partial charge in [-0.2, -0.15) is 0 Å². The summed E-state index contributed by atoms with van der Waals surface area (Å²) < 4.78 is 32.2. The van der Waals surface area contributed by atoms with Gasteiger partial charge in [0.2, 0.25) is 10.0 Å². The van der Waals surface area contributed by atoms with E-state index in [0.717, 1.165) is 31.5 Å². The Hall–Kier alpha value is -0.950. The normalized spacial score (nSPS) is 17.0. The van der Waals surface area contributed by atoms with Crippen molar-refractivity contribution < 1.29 is 13.2 Å². The molecule has 2 N–H and O–H groups in total. The fourth-order valence-corrected chi connectivity index (χ4v) is 3.55. The summed E-state index contributed by atoms with van der Waals surface area (Å²) in [7, 11) is -3.26. The molecule has 0 atom stereocenters. The topological polar surface area (TPSA) is 67.4 Å². The number of benzene rings is 1. The van der Waals surface area contributed by atoms with Gasteiger partial charge < -0.3 is 10.1 Å². The molecule has 1 heterocycles. The molecule has 0 bridgehead atoms. The van der Waals surface area contributed by atoms with E-state index < -0.39 is 10.0 Å². The summed E-state index contributed by atoms with van der Waals surface area (Å²) in [6.07, 6.45) is 3.12. The van der Waals surface area contributed by atoms with Crippen molar-refractivity contribution in [2.24, 2.45) is 0 Å². The first-order valence-corrected chi connectivity index (χ1v) is 9.14. The van der Waals surface area contributed by atoms with Gasteiger partial charge in [0.05, 0.1) is 11.9 Å².